The van der Waals surface area contributed by atoms with Crippen LogP contribution < -0.4 is 0 Å². The van der Waals surface area contributed by atoms with Gasteiger partial charge in [0.15, 0.2) is 0 Å². The Labute approximate surface area is 119 Å². The summed E-state index contributed by atoms with van der Waals surface area (Å²) in [5.74, 6) is -1.04. The van der Waals surface area contributed by atoms with E-state index in [1.807, 2.05) is 0 Å². The van der Waals surface area contributed by atoms with Gasteiger partial charge in [-0.2, -0.15) is 0 Å². The highest BCUT2D eigenvalue weighted by atomic mass is 79.9. The third kappa shape index (κ3) is 3.99. The second kappa shape index (κ2) is 6.44. The molecule has 0 aromatic heterocycles. The number of hydrogen-bond donors (Lipinski definition) is 0. The van der Waals surface area contributed by atoms with Crippen LogP contribution in [0.1, 0.15) is 6.42 Å². The van der Waals surface area contributed by atoms with Crippen LogP contribution in [-0.4, -0.2) is 39.4 Å². The lowest BCUT2D eigenvalue weighted by molar-refractivity contribution is -0.140. The van der Waals surface area contributed by atoms with E-state index in [9.17, 15) is 17.6 Å². The van der Waals surface area contributed by atoms with Crippen molar-refractivity contribution in [1.29, 1.82) is 0 Å². The van der Waals surface area contributed by atoms with Crippen LogP contribution in [0.3, 0.4) is 0 Å². The molecule has 0 N–H and O–H groups in total. The van der Waals surface area contributed by atoms with Gasteiger partial charge in [-0.25, -0.2) is 17.1 Å². The Morgan fingerprint density at radius 3 is 2.63 bits per heavy atom. The van der Waals surface area contributed by atoms with Gasteiger partial charge in [0.1, 0.15) is 5.82 Å². The maximum Gasteiger partial charge on any atom is 0.306 e. The SMILES string of the molecule is COC(=O)CCN(C)S(=O)(=O)c1ccc(F)cc1Br. The minimum absolute atomic E-state index is 0.0151. The van der Waals surface area contributed by atoms with Crippen molar-refractivity contribution >= 4 is 31.9 Å². The first-order valence-electron chi connectivity index (χ1n) is 5.27. The molecule has 0 radical (unpaired) electrons. The van der Waals surface area contributed by atoms with Crippen molar-refractivity contribution in [2.45, 2.75) is 11.3 Å². The summed E-state index contributed by atoms with van der Waals surface area (Å²) in [6, 6.07) is 3.30. The maximum absolute atomic E-state index is 12.9. The van der Waals surface area contributed by atoms with E-state index in [1.165, 1.54) is 20.2 Å². The first kappa shape index (κ1) is 16.1. The molecule has 0 atom stereocenters. The standard InChI is InChI=1S/C11H13BrFNO4S/c1-14(6-5-11(15)18-2)19(16,17)10-4-3-8(13)7-9(10)12/h3-4,7H,5-6H2,1-2H3. The number of sulfonamides is 1. The van der Waals surface area contributed by atoms with Gasteiger partial charge < -0.3 is 4.74 Å². The van der Waals surface area contributed by atoms with Gasteiger partial charge in [-0.05, 0) is 34.1 Å². The van der Waals surface area contributed by atoms with Crippen molar-refractivity contribution in [3.05, 3.63) is 28.5 Å². The number of carbonyl (C=O) groups is 1. The van der Waals surface area contributed by atoms with E-state index in [4.69, 9.17) is 0 Å². The summed E-state index contributed by atoms with van der Waals surface area (Å²) in [5.41, 5.74) is 0. The van der Waals surface area contributed by atoms with Crippen molar-refractivity contribution in [1.82, 2.24) is 4.31 Å². The van der Waals surface area contributed by atoms with E-state index in [-0.39, 0.29) is 22.3 Å². The molecule has 0 fully saturated rings. The summed E-state index contributed by atoms with van der Waals surface area (Å²) in [7, 11) is -1.21. The molecule has 1 aromatic rings. The minimum atomic E-state index is -3.78. The van der Waals surface area contributed by atoms with E-state index in [0.29, 0.717) is 0 Å². The summed E-state index contributed by atoms with van der Waals surface area (Å²) >= 11 is 3.01. The molecule has 0 spiro atoms. The molecule has 1 aromatic carbocycles. The fourth-order valence-electron chi connectivity index (χ4n) is 1.32. The largest absolute Gasteiger partial charge is 0.469 e. The molecule has 0 saturated heterocycles. The summed E-state index contributed by atoms with van der Waals surface area (Å²) in [4.78, 5) is 10.9. The Balaban J connectivity index is 2.94. The predicted molar refractivity (Wildman–Crippen MR) is 70.5 cm³/mol. The van der Waals surface area contributed by atoms with Gasteiger partial charge in [0.25, 0.3) is 0 Å². The van der Waals surface area contributed by atoms with E-state index in [1.54, 1.807) is 0 Å². The highest BCUT2D eigenvalue weighted by molar-refractivity contribution is 9.10. The zero-order chi connectivity index (χ0) is 14.6. The van der Waals surface area contributed by atoms with Crippen molar-refractivity contribution in [3.8, 4) is 0 Å². The Morgan fingerprint density at radius 2 is 2.11 bits per heavy atom. The fourth-order valence-corrected chi connectivity index (χ4v) is 3.50. The topological polar surface area (TPSA) is 63.7 Å². The first-order valence-corrected chi connectivity index (χ1v) is 7.50. The van der Waals surface area contributed by atoms with Crippen LogP contribution in [0, 0.1) is 5.82 Å². The number of methoxy groups -OCH3 is 1. The Hall–Kier alpha value is -0.990. The highest BCUT2D eigenvalue weighted by Gasteiger charge is 2.24. The molecule has 19 heavy (non-hydrogen) atoms. The molecule has 0 heterocycles. The zero-order valence-corrected chi connectivity index (χ0v) is 12.8. The number of hydrogen-bond acceptors (Lipinski definition) is 4. The Bertz CT molecular complexity index is 576. The van der Waals surface area contributed by atoms with Gasteiger partial charge in [-0.3, -0.25) is 4.79 Å². The predicted octanol–water partition coefficient (Wildman–Crippen LogP) is 1.77. The van der Waals surface area contributed by atoms with Crippen LogP contribution in [0.15, 0.2) is 27.6 Å². The lowest BCUT2D eigenvalue weighted by Crippen LogP contribution is -2.29. The van der Waals surface area contributed by atoms with Crippen LogP contribution in [0.25, 0.3) is 0 Å². The number of halogens is 2. The summed E-state index contributed by atoms with van der Waals surface area (Å²) in [5, 5.41) is 0. The number of carbonyl (C=O) groups excluding carboxylic acids is 1. The lowest BCUT2D eigenvalue weighted by Gasteiger charge is -2.17. The van der Waals surface area contributed by atoms with Gasteiger partial charge >= 0.3 is 5.97 Å². The number of nitrogens with zero attached hydrogens (tertiary/aromatic N) is 1. The van der Waals surface area contributed by atoms with Crippen molar-refractivity contribution in [2.24, 2.45) is 0 Å². The molecule has 1 rings (SSSR count). The molecular weight excluding hydrogens is 341 g/mol. The Kier molecular flexibility index (Phi) is 5.45. The molecule has 0 aliphatic carbocycles. The number of rotatable bonds is 5. The van der Waals surface area contributed by atoms with Gasteiger partial charge in [0.05, 0.1) is 18.4 Å². The molecule has 0 unspecified atom stereocenters. The number of esters is 1. The van der Waals surface area contributed by atoms with Crippen molar-refractivity contribution < 1.29 is 22.3 Å². The number of ether oxygens (including phenoxy) is 1. The highest BCUT2D eigenvalue weighted by Crippen LogP contribution is 2.25. The van der Waals surface area contributed by atoms with Crippen LogP contribution in [0.2, 0.25) is 0 Å². The molecule has 0 aliphatic rings. The van der Waals surface area contributed by atoms with Crippen LogP contribution in [-0.2, 0) is 19.6 Å². The second-order valence-corrected chi connectivity index (χ2v) is 6.60. The van der Waals surface area contributed by atoms with E-state index >= 15 is 0 Å². The van der Waals surface area contributed by atoms with Crippen LogP contribution in [0.4, 0.5) is 4.39 Å². The van der Waals surface area contributed by atoms with Crippen LogP contribution in [0.5, 0.6) is 0 Å². The summed E-state index contributed by atoms with van der Waals surface area (Å²) in [6.07, 6.45) is -0.0506. The quantitative estimate of drug-likeness (QED) is 0.756. The molecule has 0 bridgehead atoms. The van der Waals surface area contributed by atoms with E-state index in [2.05, 4.69) is 20.7 Å². The van der Waals surface area contributed by atoms with E-state index in [0.717, 1.165) is 16.4 Å². The van der Waals surface area contributed by atoms with Gasteiger partial charge in [0, 0.05) is 18.1 Å². The second-order valence-electron chi connectivity index (χ2n) is 3.73. The zero-order valence-electron chi connectivity index (χ0n) is 10.4. The van der Waals surface area contributed by atoms with E-state index < -0.39 is 21.8 Å². The average molecular weight is 354 g/mol. The average Bonchev–Trinajstić information content (AvgIpc) is 2.34. The monoisotopic (exact) mass is 353 g/mol. The molecule has 106 valence electrons. The molecule has 0 saturated carbocycles. The van der Waals surface area contributed by atoms with Gasteiger partial charge in [-0.15, -0.1) is 0 Å². The Morgan fingerprint density at radius 1 is 1.47 bits per heavy atom. The molecule has 5 nitrogen and oxygen atoms in total. The third-order valence-corrected chi connectivity index (χ3v) is 5.27. The van der Waals surface area contributed by atoms with Crippen molar-refractivity contribution in [3.63, 3.8) is 0 Å². The van der Waals surface area contributed by atoms with Gasteiger partial charge in [0.2, 0.25) is 10.0 Å². The van der Waals surface area contributed by atoms with Gasteiger partial charge in [-0.1, -0.05) is 0 Å². The van der Waals surface area contributed by atoms with Crippen LogP contribution >= 0.6 is 15.9 Å². The lowest BCUT2D eigenvalue weighted by atomic mass is 10.3. The summed E-state index contributed by atoms with van der Waals surface area (Å²) in [6.45, 7) is -0.0151. The third-order valence-electron chi connectivity index (χ3n) is 2.44. The molecule has 0 aliphatic heterocycles. The minimum Gasteiger partial charge on any atom is -0.469 e. The first-order chi connectivity index (χ1) is 8.78. The molecule has 0 amide bonds. The maximum atomic E-state index is 12.9. The molecular formula is C11H13BrFNO4S. The smallest absolute Gasteiger partial charge is 0.306 e. The number of benzene rings is 1. The normalized spacial score (nSPS) is 11.6. The summed E-state index contributed by atoms with van der Waals surface area (Å²) < 4.78 is 42.9. The molecule has 8 heteroatoms. The fraction of sp³-hybridized carbons (Fsp3) is 0.364. The van der Waals surface area contributed by atoms with Crippen molar-refractivity contribution in [2.75, 3.05) is 20.7 Å².